The van der Waals surface area contributed by atoms with Crippen LogP contribution < -0.4 is 10.1 Å². The average molecular weight is 453 g/mol. The molecule has 0 aliphatic rings. The van der Waals surface area contributed by atoms with Gasteiger partial charge >= 0.3 is 0 Å². The van der Waals surface area contributed by atoms with Gasteiger partial charge in [-0.2, -0.15) is 0 Å². The summed E-state index contributed by atoms with van der Waals surface area (Å²) in [5, 5.41) is 3.85. The van der Waals surface area contributed by atoms with E-state index in [4.69, 9.17) is 32.7 Å². The predicted octanol–water partition coefficient (Wildman–Crippen LogP) is 3.94. The summed E-state index contributed by atoms with van der Waals surface area (Å²) >= 11 is 12.0. The summed E-state index contributed by atoms with van der Waals surface area (Å²) in [5.41, 5.74) is 0.851. The summed E-state index contributed by atoms with van der Waals surface area (Å²) in [5.74, 6) is -0.161. The van der Waals surface area contributed by atoms with Crippen LogP contribution in [0.1, 0.15) is 18.9 Å². The van der Waals surface area contributed by atoms with Gasteiger partial charge in [-0.1, -0.05) is 47.5 Å². The van der Waals surface area contributed by atoms with Crippen LogP contribution in [0.2, 0.25) is 10.0 Å². The molecule has 2 aromatic rings. The highest BCUT2D eigenvalue weighted by Crippen LogP contribution is 2.23. The number of ether oxygens (including phenoxy) is 2. The summed E-state index contributed by atoms with van der Waals surface area (Å²) in [4.78, 5) is 27.0. The number of nitrogens with zero attached hydrogens (tertiary/aromatic N) is 1. The molecule has 0 heterocycles. The molecule has 0 fully saturated rings. The van der Waals surface area contributed by atoms with Crippen LogP contribution in [0.4, 0.5) is 0 Å². The third-order valence-electron chi connectivity index (χ3n) is 4.45. The van der Waals surface area contributed by atoms with E-state index >= 15 is 0 Å². The van der Waals surface area contributed by atoms with E-state index in [2.05, 4.69) is 5.32 Å². The molecule has 2 amide bonds. The minimum atomic E-state index is -0.689. The summed E-state index contributed by atoms with van der Waals surface area (Å²) in [6, 6.07) is 13.4. The highest BCUT2D eigenvalue weighted by molar-refractivity contribution is 6.32. The van der Waals surface area contributed by atoms with Crippen LogP contribution >= 0.6 is 23.2 Å². The second kappa shape index (κ2) is 12.4. The van der Waals surface area contributed by atoms with E-state index in [1.165, 1.54) is 4.90 Å². The van der Waals surface area contributed by atoms with Gasteiger partial charge in [-0.3, -0.25) is 9.59 Å². The van der Waals surface area contributed by atoms with Crippen LogP contribution in [0.3, 0.4) is 0 Å². The number of amides is 2. The number of carbonyl (C=O) groups is 2. The highest BCUT2D eigenvalue weighted by Gasteiger charge is 2.26. The fraction of sp³-hybridized carbons (Fsp3) is 0.364. The minimum absolute atomic E-state index is 0.237. The molecule has 30 heavy (non-hydrogen) atoms. The molecule has 0 bridgehead atoms. The summed E-state index contributed by atoms with van der Waals surface area (Å²) in [7, 11) is 1.61. The average Bonchev–Trinajstić information content (AvgIpc) is 2.75. The Bertz CT molecular complexity index is 830. The Hall–Kier alpha value is -2.28. The van der Waals surface area contributed by atoms with Gasteiger partial charge in [-0.25, -0.2) is 0 Å². The van der Waals surface area contributed by atoms with Crippen molar-refractivity contribution in [1.29, 1.82) is 0 Å². The Morgan fingerprint density at radius 1 is 1.10 bits per heavy atom. The predicted molar refractivity (Wildman–Crippen MR) is 118 cm³/mol. The third-order valence-corrected chi connectivity index (χ3v) is 5.01. The van der Waals surface area contributed by atoms with Gasteiger partial charge in [-0.05, 0) is 43.2 Å². The molecule has 8 heteroatoms. The molecule has 0 aromatic heterocycles. The van der Waals surface area contributed by atoms with Crippen molar-refractivity contribution in [2.45, 2.75) is 25.9 Å². The van der Waals surface area contributed by atoms with Crippen molar-refractivity contribution in [1.82, 2.24) is 10.2 Å². The maximum absolute atomic E-state index is 13.0. The zero-order valence-corrected chi connectivity index (χ0v) is 18.6. The lowest BCUT2D eigenvalue weighted by atomic mass is 10.1. The van der Waals surface area contributed by atoms with Gasteiger partial charge < -0.3 is 19.7 Å². The van der Waals surface area contributed by atoms with E-state index in [-0.39, 0.29) is 25.0 Å². The fourth-order valence-electron chi connectivity index (χ4n) is 2.73. The highest BCUT2D eigenvalue weighted by atomic mass is 35.5. The van der Waals surface area contributed by atoms with E-state index in [9.17, 15) is 9.59 Å². The van der Waals surface area contributed by atoms with Gasteiger partial charge in [0.05, 0.1) is 5.02 Å². The summed E-state index contributed by atoms with van der Waals surface area (Å²) < 4.78 is 10.6. The topological polar surface area (TPSA) is 67.9 Å². The number of benzene rings is 2. The van der Waals surface area contributed by atoms with Crippen molar-refractivity contribution in [3.63, 3.8) is 0 Å². The lowest BCUT2D eigenvalue weighted by molar-refractivity contribution is -0.142. The van der Waals surface area contributed by atoms with E-state index in [1.807, 2.05) is 12.1 Å². The Balaban J connectivity index is 2.08. The quantitative estimate of drug-likeness (QED) is 0.524. The van der Waals surface area contributed by atoms with Gasteiger partial charge in [-0.15, -0.1) is 0 Å². The van der Waals surface area contributed by atoms with E-state index in [1.54, 1.807) is 50.4 Å². The van der Waals surface area contributed by atoms with Gasteiger partial charge in [0.2, 0.25) is 5.91 Å². The number of rotatable bonds is 11. The molecule has 2 aromatic carbocycles. The van der Waals surface area contributed by atoms with Crippen molar-refractivity contribution >= 4 is 35.0 Å². The molecule has 6 nitrogen and oxygen atoms in total. The van der Waals surface area contributed by atoms with Crippen LogP contribution in [-0.2, 0) is 20.9 Å². The van der Waals surface area contributed by atoms with Crippen LogP contribution in [0.25, 0.3) is 0 Å². The van der Waals surface area contributed by atoms with Crippen molar-refractivity contribution in [2.24, 2.45) is 0 Å². The first kappa shape index (κ1) is 24.0. The molecule has 162 valence electrons. The second-order valence-electron chi connectivity index (χ2n) is 6.68. The molecule has 0 aliphatic heterocycles. The zero-order valence-electron chi connectivity index (χ0n) is 17.1. The molecule has 0 spiro atoms. The Kier molecular flexibility index (Phi) is 9.94. The Labute approximate surface area is 187 Å². The van der Waals surface area contributed by atoms with Gasteiger partial charge in [0.1, 0.15) is 11.8 Å². The number of carbonyl (C=O) groups excluding carboxylic acids is 2. The molecule has 2 rings (SSSR count). The zero-order chi connectivity index (χ0) is 21.9. The van der Waals surface area contributed by atoms with Gasteiger partial charge in [0.25, 0.3) is 5.91 Å². The normalized spacial score (nSPS) is 11.6. The second-order valence-corrected chi connectivity index (χ2v) is 7.52. The summed E-state index contributed by atoms with van der Waals surface area (Å²) in [6.45, 7) is 2.71. The monoisotopic (exact) mass is 452 g/mol. The number of methoxy groups -OCH3 is 1. The lowest BCUT2D eigenvalue weighted by Crippen LogP contribution is -2.49. The maximum Gasteiger partial charge on any atom is 0.261 e. The minimum Gasteiger partial charge on any atom is -0.482 e. The van der Waals surface area contributed by atoms with Crippen molar-refractivity contribution in [3.8, 4) is 5.75 Å². The van der Waals surface area contributed by atoms with Crippen LogP contribution in [-0.4, -0.2) is 49.6 Å². The lowest BCUT2D eigenvalue weighted by Gasteiger charge is -2.29. The van der Waals surface area contributed by atoms with Crippen molar-refractivity contribution in [3.05, 3.63) is 64.1 Å². The molecular weight excluding hydrogens is 427 g/mol. The standard InChI is InChI=1S/C22H26Cl2N2O4/c1-16(22(28)25-12-5-13-29-2)26(14-17-8-10-18(23)11-9-17)21(27)15-30-20-7-4-3-6-19(20)24/h3-4,6-11,16H,5,12-15H2,1-2H3,(H,25,28)/t16-/m1/s1. The van der Waals surface area contributed by atoms with E-state index < -0.39 is 6.04 Å². The Morgan fingerprint density at radius 2 is 1.80 bits per heavy atom. The van der Waals surface area contributed by atoms with Crippen molar-refractivity contribution in [2.75, 3.05) is 26.9 Å². The molecule has 0 unspecified atom stereocenters. The van der Waals surface area contributed by atoms with Gasteiger partial charge in [0, 0.05) is 31.8 Å². The SMILES string of the molecule is COCCCNC(=O)[C@@H](C)N(Cc1ccc(Cl)cc1)C(=O)COc1ccccc1Cl. The fourth-order valence-corrected chi connectivity index (χ4v) is 3.05. The van der Waals surface area contributed by atoms with Crippen molar-refractivity contribution < 1.29 is 19.1 Å². The van der Waals surface area contributed by atoms with Gasteiger partial charge in [0.15, 0.2) is 6.61 Å². The molecule has 1 N–H and O–H groups in total. The Morgan fingerprint density at radius 3 is 2.47 bits per heavy atom. The van der Waals surface area contributed by atoms with Crippen LogP contribution in [0.5, 0.6) is 5.75 Å². The first-order valence-corrected chi connectivity index (χ1v) is 10.4. The van der Waals surface area contributed by atoms with Crippen LogP contribution in [0.15, 0.2) is 48.5 Å². The number of hydrogen-bond acceptors (Lipinski definition) is 4. The molecule has 0 aliphatic carbocycles. The molecule has 0 radical (unpaired) electrons. The molecule has 0 saturated carbocycles. The first-order valence-electron chi connectivity index (χ1n) is 9.60. The number of halogens is 2. The first-order chi connectivity index (χ1) is 14.4. The number of hydrogen-bond donors (Lipinski definition) is 1. The largest absolute Gasteiger partial charge is 0.482 e. The number of para-hydroxylation sites is 1. The number of nitrogens with one attached hydrogen (secondary N) is 1. The summed E-state index contributed by atoms with van der Waals surface area (Å²) in [6.07, 6.45) is 0.690. The molecule has 0 saturated heterocycles. The smallest absolute Gasteiger partial charge is 0.261 e. The maximum atomic E-state index is 13.0. The van der Waals surface area contributed by atoms with E-state index in [0.29, 0.717) is 35.4 Å². The molecule has 1 atom stereocenters. The van der Waals surface area contributed by atoms with E-state index in [0.717, 1.165) is 5.56 Å². The van der Waals surface area contributed by atoms with Crippen LogP contribution in [0, 0.1) is 0 Å². The molecular formula is C22H26Cl2N2O4. The third kappa shape index (κ3) is 7.52.